The summed E-state index contributed by atoms with van der Waals surface area (Å²) in [4.78, 5) is 0.323. The minimum atomic E-state index is -4.08. The molecule has 0 aliphatic heterocycles. The first-order valence-corrected chi connectivity index (χ1v) is 19.7. The van der Waals surface area contributed by atoms with E-state index in [0.29, 0.717) is 24.0 Å². The molecule has 9 heteroatoms. The first-order chi connectivity index (χ1) is 23.1. The van der Waals surface area contributed by atoms with Gasteiger partial charge in [-0.2, -0.15) is 16.8 Å². The van der Waals surface area contributed by atoms with Crippen molar-refractivity contribution >= 4 is 37.1 Å². The molecule has 0 aromatic heterocycles. The van der Waals surface area contributed by atoms with Crippen LogP contribution in [0.15, 0.2) is 88.7 Å². The van der Waals surface area contributed by atoms with Gasteiger partial charge in [0.15, 0.2) is 11.5 Å². The monoisotopic (exact) mass is 684 g/mol. The third-order valence-corrected chi connectivity index (χ3v) is 14.2. The Morgan fingerprint density at radius 2 is 1.54 bits per heavy atom. The molecule has 0 heterocycles. The lowest BCUT2D eigenvalue weighted by Crippen LogP contribution is -2.45. The van der Waals surface area contributed by atoms with Crippen LogP contribution >= 0.6 is 0 Å². The van der Waals surface area contributed by atoms with Crippen molar-refractivity contribution in [1.29, 1.82) is 0 Å². The molecule has 0 N–H and O–H groups in total. The Balaban J connectivity index is 1.02. The third-order valence-electron chi connectivity index (χ3n) is 11.7. The topological polar surface area (TPSA) is 96.0 Å². The van der Waals surface area contributed by atoms with Gasteiger partial charge in [0.2, 0.25) is 0 Å². The molecule has 8 rings (SSSR count). The average Bonchev–Trinajstić information content (AvgIpc) is 3.42. The number of aryl methyl sites for hydroxylation is 2. The summed E-state index contributed by atoms with van der Waals surface area (Å²) >= 11 is 0. The second kappa shape index (κ2) is 11.7. The van der Waals surface area contributed by atoms with Gasteiger partial charge < -0.3 is 8.92 Å². The molecule has 7 nitrogen and oxygen atoms in total. The van der Waals surface area contributed by atoms with E-state index in [1.165, 1.54) is 12.7 Å². The zero-order chi connectivity index (χ0) is 33.3. The second-order valence-electron chi connectivity index (χ2n) is 14.1. The first-order valence-electron chi connectivity index (χ1n) is 16.9. The molecule has 2 saturated carbocycles. The van der Waals surface area contributed by atoms with Crippen LogP contribution in [0.1, 0.15) is 73.6 Å². The standard InChI is InChI=1S/C39H40O7S2/c1-39-20-19-32-33(35(39)17-18-38(39)46-48(42,43)31-15-12-26-8-4-6-10-28(26)22-31)16-13-29-23-37(36(44-2)24-34(29)32)45-47(40,41)30-14-11-25-7-3-5-9-27(25)21-30/h4-6,8-12,14-15,21-24,32-33,35,38H,3,7,13,16-20H2,1-2H3. The summed E-state index contributed by atoms with van der Waals surface area (Å²) in [6.45, 7) is 2.22. The van der Waals surface area contributed by atoms with Crippen LogP contribution in [0.5, 0.6) is 11.5 Å². The van der Waals surface area contributed by atoms with Gasteiger partial charge in [0, 0.05) is 0 Å². The zero-order valence-electron chi connectivity index (χ0n) is 27.2. The van der Waals surface area contributed by atoms with Crippen molar-refractivity contribution in [3.63, 3.8) is 0 Å². The van der Waals surface area contributed by atoms with Crippen LogP contribution in [-0.2, 0) is 37.3 Å². The summed E-state index contributed by atoms with van der Waals surface area (Å²) in [5, 5.41) is 1.86. The number of benzene rings is 4. The molecule has 5 unspecified atom stereocenters. The highest BCUT2D eigenvalue weighted by Crippen LogP contribution is 2.62. The molecule has 48 heavy (non-hydrogen) atoms. The Morgan fingerprint density at radius 3 is 2.38 bits per heavy atom. The van der Waals surface area contributed by atoms with Gasteiger partial charge in [0.25, 0.3) is 10.1 Å². The molecular formula is C39H40O7S2. The maximum Gasteiger partial charge on any atom is 0.339 e. The van der Waals surface area contributed by atoms with E-state index in [1.807, 2.05) is 54.6 Å². The predicted molar refractivity (Wildman–Crippen MR) is 185 cm³/mol. The lowest BCUT2D eigenvalue weighted by molar-refractivity contribution is -0.00806. The minimum Gasteiger partial charge on any atom is -0.493 e. The van der Waals surface area contributed by atoms with Crippen LogP contribution in [-0.4, -0.2) is 30.0 Å². The molecule has 4 aliphatic carbocycles. The number of methoxy groups -OCH3 is 1. The van der Waals surface area contributed by atoms with E-state index in [9.17, 15) is 16.8 Å². The van der Waals surface area contributed by atoms with Crippen molar-refractivity contribution in [2.24, 2.45) is 17.3 Å². The Morgan fingerprint density at radius 1 is 0.750 bits per heavy atom. The van der Waals surface area contributed by atoms with Gasteiger partial charge in [-0.25, -0.2) is 0 Å². The zero-order valence-corrected chi connectivity index (χ0v) is 28.9. The molecule has 4 aromatic carbocycles. The van der Waals surface area contributed by atoms with Crippen molar-refractivity contribution in [3.8, 4) is 11.5 Å². The number of hydrogen-bond acceptors (Lipinski definition) is 7. The van der Waals surface area contributed by atoms with E-state index in [-0.39, 0.29) is 33.0 Å². The van der Waals surface area contributed by atoms with Gasteiger partial charge in [0.1, 0.15) is 4.90 Å². The molecule has 0 amide bonds. The number of rotatable bonds is 7. The van der Waals surface area contributed by atoms with Crippen LogP contribution in [0, 0.1) is 17.3 Å². The van der Waals surface area contributed by atoms with Gasteiger partial charge in [-0.05, 0) is 144 Å². The average molecular weight is 685 g/mol. The Labute approximate surface area is 283 Å². The molecule has 4 aliphatic rings. The lowest BCUT2D eigenvalue weighted by Gasteiger charge is -2.50. The van der Waals surface area contributed by atoms with Crippen LogP contribution in [0.3, 0.4) is 0 Å². The summed E-state index contributed by atoms with van der Waals surface area (Å²) in [7, 11) is -6.48. The summed E-state index contributed by atoms with van der Waals surface area (Å²) in [5.41, 5.74) is 4.05. The molecule has 5 atom stereocenters. The Bertz CT molecular complexity index is 2170. The van der Waals surface area contributed by atoms with Gasteiger partial charge >= 0.3 is 10.1 Å². The van der Waals surface area contributed by atoms with Crippen molar-refractivity contribution < 1.29 is 29.9 Å². The van der Waals surface area contributed by atoms with Crippen LogP contribution < -0.4 is 8.92 Å². The van der Waals surface area contributed by atoms with Gasteiger partial charge in [-0.15, -0.1) is 0 Å². The maximum atomic E-state index is 13.6. The number of fused-ring (bicyclic) bond motifs is 7. The number of hydrogen-bond donors (Lipinski definition) is 0. The Hall–Kier alpha value is -3.66. The summed E-state index contributed by atoms with van der Waals surface area (Å²) in [6.07, 6.45) is 10.6. The van der Waals surface area contributed by atoms with E-state index in [4.69, 9.17) is 13.1 Å². The van der Waals surface area contributed by atoms with E-state index < -0.39 is 20.2 Å². The highest BCUT2D eigenvalue weighted by atomic mass is 32.2. The van der Waals surface area contributed by atoms with Crippen LogP contribution in [0.2, 0.25) is 0 Å². The van der Waals surface area contributed by atoms with E-state index in [0.717, 1.165) is 72.4 Å². The van der Waals surface area contributed by atoms with Crippen molar-refractivity contribution in [1.82, 2.24) is 0 Å². The molecular weight excluding hydrogens is 645 g/mol. The van der Waals surface area contributed by atoms with E-state index in [1.54, 1.807) is 24.3 Å². The molecule has 0 saturated heterocycles. The summed E-state index contributed by atoms with van der Waals surface area (Å²) < 4.78 is 71.6. The van der Waals surface area contributed by atoms with E-state index in [2.05, 4.69) is 13.0 Å². The third kappa shape index (κ3) is 5.35. The highest BCUT2D eigenvalue weighted by molar-refractivity contribution is 7.87. The van der Waals surface area contributed by atoms with Crippen molar-refractivity contribution in [2.45, 2.75) is 80.1 Å². The van der Waals surface area contributed by atoms with Gasteiger partial charge in [0.05, 0.1) is 18.1 Å². The summed E-state index contributed by atoms with van der Waals surface area (Å²) in [6, 6.07) is 21.9. The maximum absolute atomic E-state index is 13.6. The smallest absolute Gasteiger partial charge is 0.339 e. The molecule has 0 spiro atoms. The first kappa shape index (κ1) is 31.6. The molecule has 0 bridgehead atoms. The number of ether oxygens (including phenoxy) is 1. The Kier molecular flexibility index (Phi) is 7.73. The fourth-order valence-corrected chi connectivity index (χ4v) is 11.4. The van der Waals surface area contributed by atoms with Crippen LogP contribution in [0.4, 0.5) is 0 Å². The van der Waals surface area contributed by atoms with Crippen LogP contribution in [0.25, 0.3) is 16.8 Å². The fraction of sp³-hybridized carbons (Fsp3) is 0.385. The molecule has 250 valence electrons. The van der Waals surface area contributed by atoms with Gasteiger partial charge in [-0.3, -0.25) is 4.18 Å². The summed E-state index contributed by atoms with van der Waals surface area (Å²) in [5.74, 6) is 1.57. The fourth-order valence-electron chi connectivity index (χ4n) is 9.17. The van der Waals surface area contributed by atoms with Crippen molar-refractivity contribution in [2.75, 3.05) is 7.11 Å². The van der Waals surface area contributed by atoms with Crippen molar-refractivity contribution in [3.05, 3.63) is 101 Å². The largest absolute Gasteiger partial charge is 0.493 e. The minimum absolute atomic E-state index is 0.125. The van der Waals surface area contributed by atoms with Gasteiger partial charge in [-0.1, -0.05) is 55.5 Å². The second-order valence-corrected chi connectivity index (χ2v) is 17.2. The highest BCUT2D eigenvalue weighted by Gasteiger charge is 2.56. The van der Waals surface area contributed by atoms with E-state index >= 15 is 0 Å². The molecule has 2 fully saturated rings. The quantitative estimate of drug-likeness (QED) is 0.181. The number of allylic oxidation sites excluding steroid dienone is 1. The molecule has 0 radical (unpaired) electrons. The SMILES string of the molecule is COc1cc2c(cc1OS(=O)(=O)c1ccc3c(c1)C=CCC3)CCC1C2CCC2(C)C(OS(=O)(=O)c3ccc4ccccc4c3)CCC12. The predicted octanol–water partition coefficient (Wildman–Crippen LogP) is 8.21. The molecule has 4 aromatic rings. The lowest BCUT2D eigenvalue weighted by atomic mass is 9.55. The normalized spacial score (nSPS) is 26.3.